The molecule has 0 spiro atoms. The molecular formula is C21H26N4O3S. The number of nitriles is 1. The largest absolute Gasteiger partial charge is 0.349 e. The van der Waals surface area contributed by atoms with Gasteiger partial charge in [-0.2, -0.15) is 5.26 Å². The van der Waals surface area contributed by atoms with Crippen LogP contribution < -0.4 is 5.32 Å². The fraction of sp³-hybridized carbons (Fsp3) is 0.333. The van der Waals surface area contributed by atoms with Gasteiger partial charge in [-0.1, -0.05) is 13.0 Å². The lowest BCUT2D eigenvalue weighted by Gasteiger charge is -2.12. The first kappa shape index (κ1) is 22.4. The number of aromatic nitrogens is 1. The molecule has 29 heavy (non-hydrogen) atoms. The molecule has 0 aliphatic rings. The van der Waals surface area contributed by atoms with Gasteiger partial charge in [0.1, 0.15) is 11.6 Å². The molecule has 0 aliphatic heterocycles. The molecule has 1 amide bonds. The maximum absolute atomic E-state index is 12.6. The number of amides is 1. The van der Waals surface area contributed by atoms with Crippen LogP contribution in [-0.2, 0) is 21.4 Å². The van der Waals surface area contributed by atoms with Gasteiger partial charge in [0.25, 0.3) is 5.91 Å². The number of carbonyl (C=O) groups excluding carboxylic acids is 1. The third-order valence-electron chi connectivity index (χ3n) is 4.60. The van der Waals surface area contributed by atoms with Crippen molar-refractivity contribution in [1.29, 1.82) is 5.26 Å². The quantitative estimate of drug-likeness (QED) is 0.555. The number of carbonyl (C=O) groups is 1. The highest BCUT2D eigenvalue weighted by molar-refractivity contribution is 7.89. The molecule has 0 fully saturated rings. The van der Waals surface area contributed by atoms with Gasteiger partial charge >= 0.3 is 0 Å². The van der Waals surface area contributed by atoms with Crippen molar-refractivity contribution in [3.05, 3.63) is 52.9 Å². The maximum Gasteiger partial charge on any atom is 0.266 e. The van der Waals surface area contributed by atoms with Crippen molar-refractivity contribution in [2.75, 3.05) is 19.4 Å². The summed E-state index contributed by atoms with van der Waals surface area (Å²) in [6.45, 7) is 6.90. The summed E-state index contributed by atoms with van der Waals surface area (Å²) in [4.78, 5) is 12.7. The van der Waals surface area contributed by atoms with Crippen LogP contribution in [-0.4, -0.2) is 37.3 Å². The SMILES string of the molecule is CCCn1c(C)cc(/C=C(\C#N)C(=O)Nc2cccc(S(=O)(=O)N(C)C)c2)c1C. The lowest BCUT2D eigenvalue weighted by molar-refractivity contribution is -0.112. The van der Waals surface area contributed by atoms with E-state index in [1.54, 1.807) is 18.2 Å². The summed E-state index contributed by atoms with van der Waals surface area (Å²) in [5.41, 5.74) is 3.11. The molecule has 0 unspecified atom stereocenters. The van der Waals surface area contributed by atoms with Gasteiger partial charge in [-0.05, 0) is 56.2 Å². The van der Waals surface area contributed by atoms with E-state index in [0.29, 0.717) is 5.69 Å². The van der Waals surface area contributed by atoms with Crippen molar-refractivity contribution >= 4 is 27.7 Å². The number of nitrogens with zero attached hydrogens (tertiary/aromatic N) is 3. The summed E-state index contributed by atoms with van der Waals surface area (Å²) in [5, 5.41) is 12.1. The van der Waals surface area contributed by atoms with E-state index in [0.717, 1.165) is 34.2 Å². The highest BCUT2D eigenvalue weighted by Crippen LogP contribution is 2.21. The second-order valence-corrected chi connectivity index (χ2v) is 9.07. The lowest BCUT2D eigenvalue weighted by Crippen LogP contribution is -2.22. The first-order chi connectivity index (χ1) is 13.6. The zero-order valence-electron chi connectivity index (χ0n) is 17.4. The number of rotatable bonds is 7. The average Bonchev–Trinajstić information content (AvgIpc) is 2.93. The summed E-state index contributed by atoms with van der Waals surface area (Å²) in [7, 11) is -0.750. The number of benzene rings is 1. The van der Waals surface area contributed by atoms with Crippen LogP contribution in [0, 0.1) is 25.2 Å². The van der Waals surface area contributed by atoms with E-state index in [1.807, 2.05) is 26.0 Å². The van der Waals surface area contributed by atoms with Gasteiger partial charge in [-0.15, -0.1) is 0 Å². The van der Waals surface area contributed by atoms with Gasteiger partial charge in [0, 0.05) is 37.7 Å². The highest BCUT2D eigenvalue weighted by Gasteiger charge is 2.18. The van der Waals surface area contributed by atoms with Gasteiger partial charge in [0.15, 0.2) is 0 Å². The van der Waals surface area contributed by atoms with Crippen LogP contribution in [0.25, 0.3) is 6.08 Å². The van der Waals surface area contributed by atoms with Gasteiger partial charge in [-0.3, -0.25) is 4.79 Å². The number of aryl methyl sites for hydroxylation is 1. The first-order valence-electron chi connectivity index (χ1n) is 9.24. The Hall–Kier alpha value is -2.89. The Labute approximate surface area is 172 Å². The molecule has 7 nitrogen and oxygen atoms in total. The number of hydrogen-bond donors (Lipinski definition) is 1. The molecule has 0 atom stereocenters. The van der Waals surface area contributed by atoms with Crippen LogP contribution in [0.3, 0.4) is 0 Å². The van der Waals surface area contributed by atoms with Crippen LogP contribution in [0.5, 0.6) is 0 Å². The molecule has 1 aromatic heterocycles. The van der Waals surface area contributed by atoms with Crippen LogP contribution in [0.2, 0.25) is 0 Å². The third-order valence-corrected chi connectivity index (χ3v) is 6.41. The highest BCUT2D eigenvalue weighted by atomic mass is 32.2. The normalized spacial score (nSPS) is 12.1. The Kier molecular flexibility index (Phi) is 7.01. The molecule has 2 rings (SSSR count). The minimum atomic E-state index is -3.62. The average molecular weight is 415 g/mol. The zero-order valence-corrected chi connectivity index (χ0v) is 18.2. The standard InChI is InChI=1S/C21H26N4O3S/c1-6-10-25-15(2)11-17(16(25)3)12-18(14-22)21(26)23-19-8-7-9-20(13-19)29(27,28)24(4)5/h7-9,11-13H,6,10H2,1-5H3,(H,23,26)/b18-12+. The molecule has 0 saturated heterocycles. The van der Waals surface area contributed by atoms with Crippen LogP contribution in [0.4, 0.5) is 5.69 Å². The molecule has 0 aliphatic carbocycles. The summed E-state index contributed by atoms with van der Waals surface area (Å²) < 4.78 is 27.8. The molecule has 8 heteroatoms. The van der Waals surface area contributed by atoms with Crippen molar-refractivity contribution in [1.82, 2.24) is 8.87 Å². The Morgan fingerprint density at radius 1 is 1.28 bits per heavy atom. The Bertz CT molecular complexity index is 1090. The van der Waals surface area contributed by atoms with Gasteiger partial charge in [-0.25, -0.2) is 12.7 Å². The molecule has 1 N–H and O–H groups in total. The van der Waals surface area contributed by atoms with E-state index in [-0.39, 0.29) is 10.5 Å². The van der Waals surface area contributed by atoms with Gasteiger partial charge in [0.2, 0.25) is 10.0 Å². The molecule has 154 valence electrons. The van der Waals surface area contributed by atoms with Crippen molar-refractivity contribution in [3.63, 3.8) is 0 Å². The van der Waals surface area contributed by atoms with Crippen molar-refractivity contribution in [2.24, 2.45) is 0 Å². The molecular weight excluding hydrogens is 388 g/mol. The monoisotopic (exact) mass is 414 g/mol. The number of hydrogen-bond acceptors (Lipinski definition) is 4. The van der Waals surface area contributed by atoms with E-state index in [2.05, 4.69) is 16.8 Å². The third kappa shape index (κ3) is 4.94. The second kappa shape index (κ2) is 9.07. The first-order valence-corrected chi connectivity index (χ1v) is 10.7. The molecule has 1 aromatic carbocycles. The summed E-state index contributed by atoms with van der Waals surface area (Å²) in [5.74, 6) is -0.591. The summed E-state index contributed by atoms with van der Waals surface area (Å²) >= 11 is 0. The number of anilines is 1. The second-order valence-electron chi connectivity index (χ2n) is 6.92. The lowest BCUT2D eigenvalue weighted by atomic mass is 10.1. The topological polar surface area (TPSA) is 95.2 Å². The number of nitrogens with one attached hydrogen (secondary N) is 1. The van der Waals surface area contributed by atoms with E-state index < -0.39 is 15.9 Å². The smallest absolute Gasteiger partial charge is 0.266 e. The van der Waals surface area contributed by atoms with Gasteiger partial charge < -0.3 is 9.88 Å². The van der Waals surface area contributed by atoms with Gasteiger partial charge in [0.05, 0.1) is 4.90 Å². The summed E-state index contributed by atoms with van der Waals surface area (Å²) in [6.07, 6.45) is 2.54. The molecule has 2 aromatic rings. The molecule has 0 radical (unpaired) electrons. The van der Waals surface area contributed by atoms with E-state index in [4.69, 9.17) is 0 Å². The minimum absolute atomic E-state index is 0.0531. The van der Waals surface area contributed by atoms with E-state index >= 15 is 0 Å². The van der Waals surface area contributed by atoms with Crippen LogP contribution in [0.1, 0.15) is 30.3 Å². The fourth-order valence-corrected chi connectivity index (χ4v) is 3.94. The predicted molar refractivity (Wildman–Crippen MR) is 114 cm³/mol. The van der Waals surface area contributed by atoms with Crippen molar-refractivity contribution in [2.45, 2.75) is 38.6 Å². The zero-order chi connectivity index (χ0) is 21.8. The van der Waals surface area contributed by atoms with E-state index in [9.17, 15) is 18.5 Å². The minimum Gasteiger partial charge on any atom is -0.349 e. The van der Waals surface area contributed by atoms with Crippen LogP contribution >= 0.6 is 0 Å². The molecule has 0 saturated carbocycles. The Morgan fingerprint density at radius 2 is 1.97 bits per heavy atom. The molecule has 1 heterocycles. The fourth-order valence-electron chi connectivity index (χ4n) is 2.99. The van der Waals surface area contributed by atoms with Crippen molar-refractivity contribution < 1.29 is 13.2 Å². The Balaban J connectivity index is 2.32. The Morgan fingerprint density at radius 3 is 2.55 bits per heavy atom. The molecule has 0 bridgehead atoms. The van der Waals surface area contributed by atoms with Crippen LogP contribution in [0.15, 0.2) is 40.8 Å². The van der Waals surface area contributed by atoms with E-state index in [1.165, 1.54) is 26.2 Å². The predicted octanol–water partition coefficient (Wildman–Crippen LogP) is 3.31. The number of sulfonamides is 1. The van der Waals surface area contributed by atoms with Crippen molar-refractivity contribution in [3.8, 4) is 6.07 Å². The summed E-state index contributed by atoms with van der Waals surface area (Å²) in [6, 6.07) is 9.82. The maximum atomic E-state index is 12.6.